The Morgan fingerprint density at radius 2 is 2.13 bits per heavy atom. The lowest BCUT2D eigenvalue weighted by atomic mass is 10.2. The van der Waals surface area contributed by atoms with Crippen LogP contribution in [0.3, 0.4) is 0 Å². The molecule has 0 saturated carbocycles. The minimum absolute atomic E-state index is 0.540. The van der Waals surface area contributed by atoms with Gasteiger partial charge in [-0.1, -0.05) is 18.2 Å². The highest BCUT2D eigenvalue weighted by molar-refractivity contribution is 5.91. The molecule has 0 radical (unpaired) electrons. The monoisotopic (exact) mass is 205 g/mol. The maximum absolute atomic E-state index is 11.5. The average molecular weight is 205 g/mol. The Labute approximate surface area is 86.9 Å². The molecule has 0 aliphatic heterocycles. The number of carbonyl (C=O) groups is 1. The van der Waals surface area contributed by atoms with E-state index < -0.39 is 6.09 Å². The van der Waals surface area contributed by atoms with Gasteiger partial charge < -0.3 is 0 Å². The third-order valence-electron chi connectivity index (χ3n) is 2.26. The Kier molecular flexibility index (Phi) is 2.43. The number of hydrogen-bond donors (Lipinski definition) is 0. The molecule has 78 valence electrons. The van der Waals surface area contributed by atoms with Crippen LogP contribution in [-0.4, -0.2) is 17.8 Å². The van der Waals surface area contributed by atoms with Crippen LogP contribution in [0.5, 0.6) is 0 Å². The summed E-state index contributed by atoms with van der Waals surface area (Å²) in [7, 11) is 1.30. The zero-order valence-corrected chi connectivity index (χ0v) is 8.56. The highest BCUT2D eigenvalue weighted by atomic mass is 17.2. The highest BCUT2D eigenvalue weighted by Gasteiger charge is 2.11. The molecule has 0 spiro atoms. The summed E-state index contributed by atoms with van der Waals surface area (Å²) in [4.78, 5) is 20.3. The quantitative estimate of drug-likeness (QED) is 0.530. The van der Waals surface area contributed by atoms with Crippen molar-refractivity contribution in [2.75, 3.05) is 7.11 Å². The minimum atomic E-state index is -0.540. The van der Waals surface area contributed by atoms with Crippen LogP contribution in [0.15, 0.2) is 30.5 Å². The number of aryl methyl sites for hydroxylation is 1. The fourth-order valence-corrected chi connectivity index (χ4v) is 1.64. The van der Waals surface area contributed by atoms with E-state index in [9.17, 15) is 4.79 Å². The lowest BCUT2D eigenvalue weighted by Gasteiger charge is -2.04. The van der Waals surface area contributed by atoms with Crippen molar-refractivity contribution in [3.63, 3.8) is 0 Å². The SMILES string of the molecule is COOC(=O)n1ccc2cccc(C)c21. The highest BCUT2D eigenvalue weighted by Crippen LogP contribution is 2.19. The van der Waals surface area contributed by atoms with E-state index in [1.807, 2.05) is 31.2 Å². The maximum atomic E-state index is 11.5. The number of aromatic nitrogens is 1. The molecule has 0 fully saturated rings. The summed E-state index contributed by atoms with van der Waals surface area (Å²) in [6.07, 6.45) is 1.13. The van der Waals surface area contributed by atoms with Crippen molar-refractivity contribution >= 4 is 17.0 Å². The molecule has 0 atom stereocenters. The summed E-state index contributed by atoms with van der Waals surface area (Å²) in [6, 6.07) is 7.70. The van der Waals surface area contributed by atoms with E-state index in [4.69, 9.17) is 0 Å². The van der Waals surface area contributed by atoms with Crippen molar-refractivity contribution in [1.29, 1.82) is 0 Å². The van der Waals surface area contributed by atoms with Crippen LogP contribution in [0.25, 0.3) is 10.9 Å². The van der Waals surface area contributed by atoms with Crippen molar-refractivity contribution in [1.82, 2.24) is 4.57 Å². The molecule has 0 bridgehead atoms. The first kappa shape index (κ1) is 9.73. The Morgan fingerprint density at radius 3 is 2.87 bits per heavy atom. The van der Waals surface area contributed by atoms with Crippen molar-refractivity contribution in [2.24, 2.45) is 0 Å². The molecule has 0 amide bonds. The smallest absolute Gasteiger partial charge is 0.275 e. The normalized spacial score (nSPS) is 10.5. The van der Waals surface area contributed by atoms with E-state index in [-0.39, 0.29) is 0 Å². The summed E-state index contributed by atoms with van der Waals surface area (Å²) < 4.78 is 1.42. The molecule has 0 aliphatic rings. The van der Waals surface area contributed by atoms with Crippen LogP contribution in [0.4, 0.5) is 4.79 Å². The number of benzene rings is 1. The van der Waals surface area contributed by atoms with Crippen LogP contribution in [0.2, 0.25) is 0 Å². The molecule has 0 unspecified atom stereocenters. The van der Waals surface area contributed by atoms with Crippen LogP contribution >= 0.6 is 0 Å². The molecule has 4 nitrogen and oxygen atoms in total. The topological polar surface area (TPSA) is 40.5 Å². The van der Waals surface area contributed by atoms with Crippen LogP contribution < -0.4 is 0 Å². The number of nitrogens with zero attached hydrogens (tertiary/aromatic N) is 1. The fraction of sp³-hybridized carbons (Fsp3) is 0.182. The summed E-state index contributed by atoms with van der Waals surface area (Å²) in [5.41, 5.74) is 1.87. The molecule has 1 aromatic heterocycles. The molecule has 0 aliphatic carbocycles. The number of para-hydroxylation sites is 1. The van der Waals surface area contributed by atoms with E-state index >= 15 is 0 Å². The predicted octanol–water partition coefficient (Wildman–Crippen LogP) is 2.50. The Hall–Kier alpha value is -1.81. The predicted molar refractivity (Wildman–Crippen MR) is 55.6 cm³/mol. The van der Waals surface area contributed by atoms with Crippen LogP contribution in [0, 0.1) is 6.92 Å². The van der Waals surface area contributed by atoms with Crippen molar-refractivity contribution in [2.45, 2.75) is 6.92 Å². The van der Waals surface area contributed by atoms with Gasteiger partial charge >= 0.3 is 6.09 Å². The van der Waals surface area contributed by atoms with Gasteiger partial charge in [0.2, 0.25) is 0 Å². The second-order valence-electron chi connectivity index (χ2n) is 3.21. The maximum Gasteiger partial charge on any atom is 0.449 e. The average Bonchev–Trinajstić information content (AvgIpc) is 2.63. The van der Waals surface area contributed by atoms with Gasteiger partial charge in [-0.2, -0.15) is 4.89 Å². The number of fused-ring (bicyclic) bond motifs is 1. The second kappa shape index (κ2) is 3.74. The van der Waals surface area contributed by atoms with E-state index in [0.29, 0.717) is 0 Å². The van der Waals surface area contributed by atoms with E-state index in [1.165, 1.54) is 11.7 Å². The first-order valence-corrected chi connectivity index (χ1v) is 4.55. The molecule has 2 aromatic rings. The Balaban J connectivity index is 2.57. The zero-order chi connectivity index (χ0) is 10.8. The zero-order valence-electron chi connectivity index (χ0n) is 8.56. The molecular formula is C11H11NO3. The largest absolute Gasteiger partial charge is 0.449 e. The third-order valence-corrected chi connectivity index (χ3v) is 2.26. The number of rotatable bonds is 1. The van der Waals surface area contributed by atoms with Gasteiger partial charge in [-0.25, -0.2) is 4.79 Å². The van der Waals surface area contributed by atoms with Gasteiger partial charge in [0.15, 0.2) is 0 Å². The van der Waals surface area contributed by atoms with Gasteiger partial charge in [-0.05, 0) is 18.6 Å². The number of hydrogen-bond acceptors (Lipinski definition) is 3. The van der Waals surface area contributed by atoms with Crippen molar-refractivity contribution in [3.05, 3.63) is 36.0 Å². The van der Waals surface area contributed by atoms with Gasteiger partial charge in [0, 0.05) is 11.6 Å². The van der Waals surface area contributed by atoms with E-state index in [0.717, 1.165) is 16.5 Å². The minimum Gasteiger partial charge on any atom is -0.275 e. The second-order valence-corrected chi connectivity index (χ2v) is 3.21. The first-order chi connectivity index (χ1) is 7.24. The molecule has 2 rings (SSSR count). The molecule has 15 heavy (non-hydrogen) atoms. The van der Waals surface area contributed by atoms with Crippen molar-refractivity contribution in [3.8, 4) is 0 Å². The first-order valence-electron chi connectivity index (χ1n) is 4.55. The fourth-order valence-electron chi connectivity index (χ4n) is 1.64. The summed E-state index contributed by atoms with van der Waals surface area (Å²) in [5.74, 6) is 0. The molecule has 1 heterocycles. The third kappa shape index (κ3) is 1.59. The van der Waals surface area contributed by atoms with Crippen LogP contribution in [0.1, 0.15) is 5.56 Å². The molecule has 0 saturated heterocycles. The Morgan fingerprint density at radius 1 is 1.33 bits per heavy atom. The summed E-state index contributed by atoms with van der Waals surface area (Å²) in [6.45, 7) is 1.94. The molecule has 4 heteroatoms. The van der Waals surface area contributed by atoms with Gasteiger partial charge in [0.1, 0.15) is 0 Å². The molecule has 0 N–H and O–H groups in total. The summed E-state index contributed by atoms with van der Waals surface area (Å²) in [5, 5.41) is 1.00. The molecule has 1 aromatic carbocycles. The van der Waals surface area contributed by atoms with Gasteiger partial charge in [0.25, 0.3) is 0 Å². The van der Waals surface area contributed by atoms with E-state index in [2.05, 4.69) is 9.78 Å². The Bertz CT molecular complexity index is 502. The van der Waals surface area contributed by atoms with E-state index in [1.54, 1.807) is 6.20 Å². The standard InChI is InChI=1S/C11H11NO3/c1-8-4-3-5-9-6-7-12(10(8)9)11(13)15-14-2/h3-7H,1-2H3. The molecular weight excluding hydrogens is 194 g/mol. The summed E-state index contributed by atoms with van der Waals surface area (Å²) >= 11 is 0. The van der Waals surface area contributed by atoms with Gasteiger partial charge in [0.05, 0.1) is 12.6 Å². The lowest BCUT2D eigenvalue weighted by molar-refractivity contribution is -0.212. The lowest BCUT2D eigenvalue weighted by Crippen LogP contribution is -2.12. The van der Waals surface area contributed by atoms with Gasteiger partial charge in [-0.15, -0.1) is 0 Å². The number of carbonyl (C=O) groups excluding carboxylic acids is 1. The van der Waals surface area contributed by atoms with Gasteiger partial charge in [-0.3, -0.25) is 9.45 Å². The van der Waals surface area contributed by atoms with Crippen molar-refractivity contribution < 1.29 is 14.6 Å². The van der Waals surface area contributed by atoms with Crippen LogP contribution in [-0.2, 0) is 9.78 Å².